The lowest BCUT2D eigenvalue weighted by atomic mass is 10.1. The van der Waals surface area contributed by atoms with Crippen LogP contribution >= 0.6 is 0 Å². The van der Waals surface area contributed by atoms with Crippen LogP contribution in [-0.2, 0) is 17.5 Å². The SMILES string of the molecule is CCC(NC(=O)c1cc(C(F)(F)F)ccc1NCc1ccccc1)C(=O)O. The van der Waals surface area contributed by atoms with Gasteiger partial charge in [0.2, 0.25) is 0 Å². The second-order valence-electron chi connectivity index (χ2n) is 5.87. The van der Waals surface area contributed by atoms with Gasteiger partial charge >= 0.3 is 12.1 Å². The standard InChI is InChI=1S/C19H19F3N2O3/c1-2-15(18(26)27)24-17(25)14-10-13(19(20,21)22)8-9-16(14)23-11-12-6-4-3-5-7-12/h3-10,15,23H,2,11H2,1H3,(H,24,25)(H,26,27). The molecule has 0 spiro atoms. The van der Waals surface area contributed by atoms with Crippen molar-refractivity contribution in [2.75, 3.05) is 5.32 Å². The molecule has 0 radical (unpaired) electrons. The Morgan fingerprint density at radius 3 is 2.33 bits per heavy atom. The highest BCUT2D eigenvalue weighted by molar-refractivity contribution is 6.01. The normalized spacial score (nSPS) is 12.3. The molecule has 5 nitrogen and oxygen atoms in total. The number of carboxylic acid groups (broad SMARTS) is 1. The van der Waals surface area contributed by atoms with Crippen molar-refractivity contribution in [1.29, 1.82) is 0 Å². The molecule has 0 saturated carbocycles. The molecular formula is C19H19F3N2O3. The number of benzene rings is 2. The number of carbonyl (C=O) groups excluding carboxylic acids is 1. The minimum Gasteiger partial charge on any atom is -0.480 e. The zero-order valence-corrected chi connectivity index (χ0v) is 14.5. The number of carboxylic acids is 1. The van der Waals surface area contributed by atoms with Crippen molar-refractivity contribution in [3.8, 4) is 0 Å². The third kappa shape index (κ3) is 5.47. The number of rotatable bonds is 7. The van der Waals surface area contributed by atoms with Crippen LogP contribution in [0, 0.1) is 0 Å². The molecule has 0 aromatic heterocycles. The molecule has 144 valence electrons. The van der Waals surface area contributed by atoms with Gasteiger partial charge in [0.1, 0.15) is 6.04 Å². The molecule has 8 heteroatoms. The van der Waals surface area contributed by atoms with Crippen LogP contribution in [0.5, 0.6) is 0 Å². The summed E-state index contributed by atoms with van der Waals surface area (Å²) in [6.07, 6.45) is -4.52. The Morgan fingerprint density at radius 2 is 1.78 bits per heavy atom. The van der Waals surface area contributed by atoms with Gasteiger partial charge in [-0.25, -0.2) is 4.79 Å². The van der Waals surface area contributed by atoms with E-state index >= 15 is 0 Å². The van der Waals surface area contributed by atoms with Crippen LogP contribution < -0.4 is 10.6 Å². The summed E-state index contributed by atoms with van der Waals surface area (Å²) in [7, 11) is 0. The van der Waals surface area contributed by atoms with Gasteiger partial charge in [0.05, 0.1) is 11.1 Å². The van der Waals surface area contributed by atoms with Crippen LogP contribution in [-0.4, -0.2) is 23.0 Å². The number of nitrogens with one attached hydrogen (secondary N) is 2. The summed E-state index contributed by atoms with van der Waals surface area (Å²) in [5.74, 6) is -2.14. The summed E-state index contributed by atoms with van der Waals surface area (Å²) in [5.41, 5.74) is -0.188. The minimum atomic E-state index is -4.62. The Morgan fingerprint density at radius 1 is 1.11 bits per heavy atom. The van der Waals surface area contributed by atoms with E-state index in [1.807, 2.05) is 30.3 Å². The molecule has 1 amide bonds. The monoisotopic (exact) mass is 380 g/mol. The summed E-state index contributed by atoms with van der Waals surface area (Å²) in [6, 6.07) is 10.7. The third-order valence-corrected chi connectivity index (χ3v) is 3.93. The van der Waals surface area contributed by atoms with Crippen LogP contribution in [0.15, 0.2) is 48.5 Å². The van der Waals surface area contributed by atoms with Crippen molar-refractivity contribution in [1.82, 2.24) is 5.32 Å². The number of carbonyl (C=O) groups is 2. The molecule has 2 rings (SSSR count). The van der Waals surface area contributed by atoms with E-state index in [9.17, 15) is 22.8 Å². The predicted molar refractivity (Wildman–Crippen MR) is 94.4 cm³/mol. The fourth-order valence-corrected chi connectivity index (χ4v) is 2.43. The number of hydrogen-bond donors (Lipinski definition) is 3. The fraction of sp³-hybridized carbons (Fsp3) is 0.263. The van der Waals surface area contributed by atoms with Crippen molar-refractivity contribution >= 4 is 17.6 Å². The van der Waals surface area contributed by atoms with E-state index in [-0.39, 0.29) is 17.7 Å². The van der Waals surface area contributed by atoms with Gasteiger partial charge in [-0.05, 0) is 30.2 Å². The van der Waals surface area contributed by atoms with Crippen molar-refractivity contribution in [3.05, 3.63) is 65.2 Å². The summed E-state index contributed by atoms with van der Waals surface area (Å²) < 4.78 is 39.1. The molecule has 1 unspecified atom stereocenters. The topological polar surface area (TPSA) is 78.4 Å². The Hall–Kier alpha value is -3.03. The molecule has 3 N–H and O–H groups in total. The molecule has 27 heavy (non-hydrogen) atoms. The first kappa shape index (κ1) is 20.3. The third-order valence-electron chi connectivity index (χ3n) is 3.93. The van der Waals surface area contributed by atoms with Gasteiger partial charge < -0.3 is 15.7 Å². The summed E-state index contributed by atoms with van der Waals surface area (Å²) in [6.45, 7) is 1.85. The van der Waals surface area contributed by atoms with E-state index in [1.165, 1.54) is 6.07 Å². The van der Waals surface area contributed by atoms with E-state index in [4.69, 9.17) is 5.11 Å². The van der Waals surface area contributed by atoms with Gasteiger partial charge in [0, 0.05) is 12.2 Å². The van der Waals surface area contributed by atoms with E-state index in [2.05, 4.69) is 10.6 Å². The maximum absolute atomic E-state index is 13.0. The average Bonchev–Trinajstić information content (AvgIpc) is 2.63. The molecule has 1 atom stereocenters. The van der Waals surface area contributed by atoms with Crippen LogP contribution in [0.25, 0.3) is 0 Å². The Labute approximate surface area is 154 Å². The first-order valence-corrected chi connectivity index (χ1v) is 8.25. The second kappa shape index (κ2) is 8.57. The number of halogens is 3. The van der Waals surface area contributed by atoms with Gasteiger partial charge in [-0.2, -0.15) is 13.2 Å². The van der Waals surface area contributed by atoms with Crippen LogP contribution in [0.4, 0.5) is 18.9 Å². The quantitative estimate of drug-likeness (QED) is 0.681. The van der Waals surface area contributed by atoms with E-state index < -0.39 is 29.7 Å². The van der Waals surface area contributed by atoms with Gasteiger partial charge in [0.15, 0.2) is 0 Å². The van der Waals surface area contributed by atoms with Crippen LogP contribution in [0.2, 0.25) is 0 Å². The highest BCUT2D eigenvalue weighted by Crippen LogP contribution is 2.32. The number of anilines is 1. The largest absolute Gasteiger partial charge is 0.480 e. The molecule has 2 aromatic carbocycles. The average molecular weight is 380 g/mol. The molecule has 0 fully saturated rings. The molecule has 0 aliphatic carbocycles. The molecule has 0 aliphatic rings. The molecule has 0 bridgehead atoms. The first-order chi connectivity index (χ1) is 12.7. The molecule has 0 aliphatic heterocycles. The van der Waals surface area contributed by atoms with Crippen molar-refractivity contribution in [3.63, 3.8) is 0 Å². The highest BCUT2D eigenvalue weighted by Gasteiger charge is 2.32. The number of hydrogen-bond acceptors (Lipinski definition) is 3. The number of alkyl halides is 3. The van der Waals surface area contributed by atoms with E-state index in [0.717, 1.165) is 17.7 Å². The molecule has 0 saturated heterocycles. The lowest BCUT2D eigenvalue weighted by Crippen LogP contribution is -2.40. The van der Waals surface area contributed by atoms with E-state index in [1.54, 1.807) is 6.92 Å². The number of aliphatic carboxylic acids is 1. The van der Waals surface area contributed by atoms with Crippen molar-refractivity contribution < 1.29 is 27.9 Å². The molecule has 2 aromatic rings. The van der Waals surface area contributed by atoms with Gasteiger partial charge in [-0.3, -0.25) is 4.79 Å². The van der Waals surface area contributed by atoms with Gasteiger partial charge in [0.25, 0.3) is 5.91 Å². The fourth-order valence-electron chi connectivity index (χ4n) is 2.43. The summed E-state index contributed by atoms with van der Waals surface area (Å²) in [5, 5.41) is 14.3. The van der Waals surface area contributed by atoms with Gasteiger partial charge in [-0.1, -0.05) is 37.3 Å². The van der Waals surface area contributed by atoms with Crippen LogP contribution in [0.1, 0.15) is 34.8 Å². The lowest BCUT2D eigenvalue weighted by Gasteiger charge is -2.17. The van der Waals surface area contributed by atoms with Gasteiger partial charge in [-0.15, -0.1) is 0 Å². The number of amides is 1. The lowest BCUT2D eigenvalue weighted by molar-refractivity contribution is -0.139. The van der Waals surface area contributed by atoms with Crippen molar-refractivity contribution in [2.24, 2.45) is 0 Å². The van der Waals surface area contributed by atoms with Crippen molar-refractivity contribution in [2.45, 2.75) is 32.1 Å². The van der Waals surface area contributed by atoms with Crippen LogP contribution in [0.3, 0.4) is 0 Å². The zero-order valence-electron chi connectivity index (χ0n) is 14.5. The summed E-state index contributed by atoms with van der Waals surface area (Å²) in [4.78, 5) is 23.6. The Balaban J connectivity index is 2.32. The molecular weight excluding hydrogens is 361 g/mol. The summed E-state index contributed by atoms with van der Waals surface area (Å²) >= 11 is 0. The maximum Gasteiger partial charge on any atom is 0.416 e. The second-order valence-corrected chi connectivity index (χ2v) is 5.87. The Bertz CT molecular complexity index is 808. The maximum atomic E-state index is 13.0. The first-order valence-electron chi connectivity index (χ1n) is 8.25. The smallest absolute Gasteiger partial charge is 0.416 e. The highest BCUT2D eigenvalue weighted by atomic mass is 19.4. The Kier molecular flexibility index (Phi) is 6.44. The zero-order chi connectivity index (χ0) is 20.0. The molecule has 0 heterocycles. The predicted octanol–water partition coefficient (Wildman–Crippen LogP) is 3.91. The minimum absolute atomic E-state index is 0.104. The van der Waals surface area contributed by atoms with E-state index in [0.29, 0.717) is 6.54 Å².